The number of aromatic nitrogens is 2. The molecule has 1 unspecified atom stereocenters. The van der Waals surface area contributed by atoms with Gasteiger partial charge in [0.05, 0.1) is 30.4 Å². The normalized spacial score (nSPS) is 12.7. The molecule has 0 aliphatic carbocycles. The van der Waals surface area contributed by atoms with Crippen molar-refractivity contribution in [1.29, 1.82) is 0 Å². The lowest BCUT2D eigenvalue weighted by Gasteiger charge is -2.20. The van der Waals surface area contributed by atoms with Crippen molar-refractivity contribution in [3.63, 3.8) is 0 Å². The summed E-state index contributed by atoms with van der Waals surface area (Å²) in [6.45, 7) is 2.10. The van der Waals surface area contributed by atoms with Crippen LogP contribution >= 0.6 is 0 Å². The minimum absolute atomic E-state index is 0.0361. The number of rotatable bonds is 6. The van der Waals surface area contributed by atoms with Gasteiger partial charge in [-0.1, -0.05) is 54.6 Å². The van der Waals surface area contributed by atoms with Gasteiger partial charge in [-0.2, -0.15) is 13.2 Å². The molecule has 1 heterocycles. The summed E-state index contributed by atoms with van der Waals surface area (Å²) >= 11 is 0. The van der Waals surface area contributed by atoms with Crippen molar-refractivity contribution in [1.82, 2.24) is 9.55 Å². The van der Waals surface area contributed by atoms with E-state index in [-0.39, 0.29) is 6.61 Å². The van der Waals surface area contributed by atoms with Crippen LogP contribution in [0.3, 0.4) is 0 Å². The van der Waals surface area contributed by atoms with Crippen molar-refractivity contribution < 1.29 is 17.9 Å². The Kier molecular flexibility index (Phi) is 6.15. The lowest BCUT2D eigenvalue weighted by atomic mass is 9.96. The summed E-state index contributed by atoms with van der Waals surface area (Å²) in [7, 11) is 1.87. The SMILES string of the molecule is Cc1ccccc1-c1cccc(C(OCc2cccc(C(F)(F)F)c2)c2cncn2C)c1. The zero-order valence-corrected chi connectivity index (χ0v) is 17.8. The third-order valence-electron chi connectivity index (χ3n) is 5.44. The highest BCUT2D eigenvalue weighted by molar-refractivity contribution is 5.67. The first-order chi connectivity index (χ1) is 15.3. The Morgan fingerprint density at radius 1 is 0.969 bits per heavy atom. The van der Waals surface area contributed by atoms with E-state index in [1.165, 1.54) is 6.07 Å². The molecule has 0 aliphatic rings. The predicted molar refractivity (Wildman–Crippen MR) is 118 cm³/mol. The molecule has 3 aromatic carbocycles. The zero-order chi connectivity index (χ0) is 22.7. The number of benzene rings is 3. The van der Waals surface area contributed by atoms with Gasteiger partial charge in [-0.25, -0.2) is 4.98 Å². The Bertz CT molecular complexity index is 1210. The monoisotopic (exact) mass is 436 g/mol. The lowest BCUT2D eigenvalue weighted by Crippen LogP contribution is -2.11. The molecular weight excluding hydrogens is 413 g/mol. The van der Waals surface area contributed by atoms with Gasteiger partial charge in [0, 0.05) is 7.05 Å². The van der Waals surface area contributed by atoms with Crippen LogP contribution in [0.15, 0.2) is 85.3 Å². The van der Waals surface area contributed by atoms with E-state index in [9.17, 15) is 13.2 Å². The number of imidazole rings is 1. The molecule has 0 radical (unpaired) electrons. The van der Waals surface area contributed by atoms with Gasteiger partial charge in [0.1, 0.15) is 6.10 Å². The molecule has 0 N–H and O–H groups in total. The van der Waals surface area contributed by atoms with Gasteiger partial charge in [0.2, 0.25) is 0 Å². The molecule has 0 fully saturated rings. The number of ether oxygens (including phenoxy) is 1. The van der Waals surface area contributed by atoms with Gasteiger partial charge in [-0.3, -0.25) is 0 Å². The third-order valence-corrected chi connectivity index (χ3v) is 5.44. The number of hydrogen-bond donors (Lipinski definition) is 0. The van der Waals surface area contributed by atoms with Crippen LogP contribution < -0.4 is 0 Å². The summed E-state index contributed by atoms with van der Waals surface area (Å²) in [4.78, 5) is 4.20. The molecule has 164 valence electrons. The standard InChI is InChI=1S/C26H23F3N2O/c1-18-7-3-4-12-23(18)20-9-6-10-21(14-20)25(24-15-30-17-31(24)2)32-16-19-8-5-11-22(13-19)26(27,28)29/h3-15,17,25H,16H2,1-2H3. The highest BCUT2D eigenvalue weighted by Crippen LogP contribution is 2.33. The Morgan fingerprint density at radius 3 is 2.47 bits per heavy atom. The largest absolute Gasteiger partial charge is 0.416 e. The molecule has 1 atom stereocenters. The van der Waals surface area contributed by atoms with Crippen LogP contribution in [0.2, 0.25) is 0 Å². The van der Waals surface area contributed by atoms with Crippen molar-refractivity contribution in [2.75, 3.05) is 0 Å². The Balaban J connectivity index is 1.67. The maximum Gasteiger partial charge on any atom is 0.416 e. The van der Waals surface area contributed by atoms with Crippen LogP contribution in [-0.2, 0) is 24.6 Å². The second-order valence-electron chi connectivity index (χ2n) is 7.76. The van der Waals surface area contributed by atoms with Gasteiger partial charge in [-0.05, 0) is 52.9 Å². The molecule has 0 amide bonds. The maximum atomic E-state index is 13.1. The second kappa shape index (κ2) is 9.01. The van der Waals surface area contributed by atoms with Crippen LogP contribution in [0.4, 0.5) is 13.2 Å². The van der Waals surface area contributed by atoms with E-state index in [4.69, 9.17) is 4.74 Å². The van der Waals surface area contributed by atoms with E-state index in [1.807, 2.05) is 41.9 Å². The number of halogens is 3. The van der Waals surface area contributed by atoms with Crippen molar-refractivity contribution in [2.24, 2.45) is 7.05 Å². The van der Waals surface area contributed by atoms with Gasteiger partial charge in [-0.15, -0.1) is 0 Å². The Morgan fingerprint density at radius 2 is 1.75 bits per heavy atom. The van der Waals surface area contributed by atoms with E-state index in [0.29, 0.717) is 5.56 Å². The first kappa shape index (κ1) is 21.8. The molecule has 4 rings (SSSR count). The van der Waals surface area contributed by atoms with Crippen LogP contribution in [-0.4, -0.2) is 9.55 Å². The summed E-state index contributed by atoms with van der Waals surface area (Å²) < 4.78 is 47.3. The minimum Gasteiger partial charge on any atom is -0.363 e. The summed E-state index contributed by atoms with van der Waals surface area (Å²) in [5, 5.41) is 0. The molecule has 0 spiro atoms. The molecule has 3 nitrogen and oxygen atoms in total. The number of alkyl halides is 3. The van der Waals surface area contributed by atoms with E-state index in [0.717, 1.165) is 40.1 Å². The molecule has 4 aromatic rings. The number of nitrogens with zero attached hydrogens (tertiary/aromatic N) is 2. The van der Waals surface area contributed by atoms with E-state index in [1.54, 1.807) is 18.6 Å². The molecular formula is C26H23F3N2O. The van der Waals surface area contributed by atoms with Crippen LogP contribution in [0.25, 0.3) is 11.1 Å². The van der Waals surface area contributed by atoms with Crippen molar-refractivity contribution in [3.05, 3.63) is 113 Å². The summed E-state index contributed by atoms with van der Waals surface area (Å²) in [6, 6.07) is 21.4. The minimum atomic E-state index is -4.39. The van der Waals surface area contributed by atoms with Gasteiger partial charge >= 0.3 is 6.18 Å². The highest BCUT2D eigenvalue weighted by atomic mass is 19.4. The summed E-state index contributed by atoms with van der Waals surface area (Å²) in [5.74, 6) is 0. The van der Waals surface area contributed by atoms with Gasteiger partial charge < -0.3 is 9.30 Å². The Labute approximate surface area is 185 Å². The molecule has 32 heavy (non-hydrogen) atoms. The summed E-state index contributed by atoms with van der Waals surface area (Å²) in [5.41, 5.74) is 4.83. The van der Waals surface area contributed by atoms with Crippen molar-refractivity contribution >= 4 is 0 Å². The molecule has 6 heteroatoms. The maximum absolute atomic E-state index is 13.1. The fourth-order valence-corrected chi connectivity index (χ4v) is 3.76. The van der Waals surface area contributed by atoms with Gasteiger partial charge in [0.15, 0.2) is 0 Å². The average Bonchev–Trinajstić information content (AvgIpc) is 3.20. The zero-order valence-electron chi connectivity index (χ0n) is 17.8. The van der Waals surface area contributed by atoms with Crippen LogP contribution in [0.5, 0.6) is 0 Å². The third kappa shape index (κ3) is 4.75. The second-order valence-corrected chi connectivity index (χ2v) is 7.76. The molecule has 0 saturated heterocycles. The van der Waals surface area contributed by atoms with E-state index < -0.39 is 17.8 Å². The first-order valence-corrected chi connectivity index (χ1v) is 10.2. The van der Waals surface area contributed by atoms with Crippen molar-refractivity contribution in [2.45, 2.75) is 25.8 Å². The molecule has 1 aromatic heterocycles. The molecule has 0 bridgehead atoms. The predicted octanol–water partition coefficient (Wildman–Crippen LogP) is 6.72. The average molecular weight is 436 g/mol. The van der Waals surface area contributed by atoms with Gasteiger partial charge in [0.25, 0.3) is 0 Å². The molecule has 0 aliphatic heterocycles. The topological polar surface area (TPSA) is 27.1 Å². The highest BCUT2D eigenvalue weighted by Gasteiger charge is 2.30. The fraction of sp³-hybridized carbons (Fsp3) is 0.192. The fourth-order valence-electron chi connectivity index (χ4n) is 3.76. The van der Waals surface area contributed by atoms with Crippen molar-refractivity contribution in [3.8, 4) is 11.1 Å². The molecule has 0 saturated carbocycles. The first-order valence-electron chi connectivity index (χ1n) is 10.2. The van der Waals surface area contributed by atoms with E-state index in [2.05, 4.69) is 30.1 Å². The lowest BCUT2D eigenvalue weighted by molar-refractivity contribution is -0.137. The van der Waals surface area contributed by atoms with E-state index >= 15 is 0 Å². The van der Waals surface area contributed by atoms with Crippen LogP contribution in [0, 0.1) is 6.92 Å². The Hall–Kier alpha value is -3.38. The smallest absolute Gasteiger partial charge is 0.363 e. The number of aryl methyl sites for hydroxylation is 2. The summed E-state index contributed by atoms with van der Waals surface area (Å²) in [6.07, 6.45) is -1.47. The quantitative estimate of drug-likeness (QED) is 0.335. The van der Waals surface area contributed by atoms with Crippen LogP contribution in [0.1, 0.15) is 34.1 Å². The number of hydrogen-bond acceptors (Lipinski definition) is 2.